The van der Waals surface area contributed by atoms with Crippen LogP contribution < -0.4 is 4.90 Å². The molecule has 0 atom stereocenters. The molecule has 4 nitrogen and oxygen atoms in total. The van der Waals surface area contributed by atoms with E-state index in [1.54, 1.807) is 6.20 Å². The molecule has 1 saturated heterocycles. The molecule has 0 aromatic carbocycles. The summed E-state index contributed by atoms with van der Waals surface area (Å²) in [5.74, 6) is 0.117. The fourth-order valence-corrected chi connectivity index (χ4v) is 2.27. The lowest BCUT2D eigenvalue weighted by Crippen LogP contribution is -2.47. The van der Waals surface area contributed by atoms with E-state index in [2.05, 4.69) is 25.8 Å². The number of aromatic nitrogens is 1. The molecule has 0 spiro atoms. The van der Waals surface area contributed by atoms with Crippen LogP contribution in [-0.2, 0) is 0 Å². The Kier molecular flexibility index (Phi) is 4.31. The predicted octanol–water partition coefficient (Wildman–Crippen LogP) is 1.10. The van der Waals surface area contributed by atoms with Crippen LogP contribution in [0.25, 0.3) is 0 Å². The van der Waals surface area contributed by atoms with Crippen molar-refractivity contribution in [1.82, 2.24) is 9.88 Å². The quantitative estimate of drug-likeness (QED) is 0.908. The molecule has 1 aliphatic rings. The number of anilines is 1. The summed E-state index contributed by atoms with van der Waals surface area (Å²) in [5.41, 5.74) is 0. The third kappa shape index (κ3) is 3.14. The lowest BCUT2D eigenvalue weighted by molar-refractivity contribution is 0.188. The predicted molar refractivity (Wildman–Crippen MR) is 67.6 cm³/mol. The SMILES string of the molecule is OCCN1CCN(c2ncc(Br)cc2F)CC1. The van der Waals surface area contributed by atoms with Gasteiger partial charge in [0.05, 0.1) is 6.61 Å². The summed E-state index contributed by atoms with van der Waals surface area (Å²) < 4.78 is 14.3. The third-order valence-electron chi connectivity index (χ3n) is 2.88. The number of aliphatic hydroxyl groups excluding tert-OH is 1. The number of β-amino-alcohol motifs (C(OH)–C–C–N with tert-alkyl or cyclic N) is 1. The highest BCUT2D eigenvalue weighted by molar-refractivity contribution is 9.10. The maximum atomic E-state index is 13.7. The van der Waals surface area contributed by atoms with Gasteiger partial charge >= 0.3 is 0 Å². The van der Waals surface area contributed by atoms with E-state index in [9.17, 15) is 4.39 Å². The smallest absolute Gasteiger partial charge is 0.166 e. The highest BCUT2D eigenvalue weighted by atomic mass is 79.9. The maximum Gasteiger partial charge on any atom is 0.166 e. The van der Waals surface area contributed by atoms with Crippen LogP contribution in [0, 0.1) is 5.82 Å². The molecule has 1 fully saturated rings. The van der Waals surface area contributed by atoms with E-state index >= 15 is 0 Å². The van der Waals surface area contributed by atoms with E-state index in [0.29, 0.717) is 16.8 Å². The van der Waals surface area contributed by atoms with Crippen LogP contribution in [0.15, 0.2) is 16.7 Å². The number of rotatable bonds is 3. The molecule has 0 saturated carbocycles. The monoisotopic (exact) mass is 303 g/mol. The summed E-state index contributed by atoms with van der Waals surface area (Å²) in [5, 5.41) is 8.84. The van der Waals surface area contributed by atoms with Crippen molar-refractivity contribution in [1.29, 1.82) is 0 Å². The van der Waals surface area contributed by atoms with Gasteiger partial charge in [-0.3, -0.25) is 4.90 Å². The molecule has 1 aromatic rings. The van der Waals surface area contributed by atoms with Gasteiger partial charge in [0.1, 0.15) is 0 Å². The van der Waals surface area contributed by atoms with Crippen molar-refractivity contribution in [2.75, 3.05) is 44.2 Å². The van der Waals surface area contributed by atoms with Crippen molar-refractivity contribution in [2.45, 2.75) is 0 Å². The van der Waals surface area contributed by atoms with Crippen molar-refractivity contribution in [3.63, 3.8) is 0 Å². The van der Waals surface area contributed by atoms with Gasteiger partial charge in [0, 0.05) is 43.4 Å². The Labute approximate surface area is 108 Å². The molecule has 17 heavy (non-hydrogen) atoms. The second-order valence-corrected chi connectivity index (χ2v) is 4.93. The van der Waals surface area contributed by atoms with E-state index in [4.69, 9.17) is 5.11 Å². The molecule has 0 radical (unpaired) electrons. The molecule has 2 rings (SSSR count). The zero-order valence-corrected chi connectivity index (χ0v) is 11.0. The Balaban J connectivity index is 2.00. The van der Waals surface area contributed by atoms with Gasteiger partial charge < -0.3 is 10.0 Å². The first-order chi connectivity index (χ1) is 8.20. The molecule has 1 N–H and O–H groups in total. The number of hydrogen-bond donors (Lipinski definition) is 1. The fraction of sp³-hybridized carbons (Fsp3) is 0.545. The van der Waals surface area contributed by atoms with Crippen molar-refractivity contribution in [2.24, 2.45) is 0 Å². The van der Waals surface area contributed by atoms with E-state index in [1.165, 1.54) is 6.07 Å². The highest BCUT2D eigenvalue weighted by Crippen LogP contribution is 2.20. The highest BCUT2D eigenvalue weighted by Gasteiger charge is 2.20. The Morgan fingerprint density at radius 1 is 1.35 bits per heavy atom. The lowest BCUT2D eigenvalue weighted by Gasteiger charge is -2.35. The van der Waals surface area contributed by atoms with Gasteiger partial charge in [-0.25, -0.2) is 9.37 Å². The van der Waals surface area contributed by atoms with Crippen LogP contribution >= 0.6 is 15.9 Å². The van der Waals surface area contributed by atoms with Crippen LogP contribution in [0.4, 0.5) is 10.2 Å². The molecule has 0 amide bonds. The van der Waals surface area contributed by atoms with Crippen LogP contribution in [0.2, 0.25) is 0 Å². The minimum absolute atomic E-state index is 0.172. The van der Waals surface area contributed by atoms with Gasteiger partial charge in [-0.15, -0.1) is 0 Å². The third-order valence-corrected chi connectivity index (χ3v) is 3.31. The van der Waals surface area contributed by atoms with Crippen LogP contribution in [0.3, 0.4) is 0 Å². The minimum Gasteiger partial charge on any atom is -0.395 e. The molecule has 94 valence electrons. The summed E-state index contributed by atoms with van der Waals surface area (Å²) in [6.45, 7) is 4.00. The number of nitrogens with zero attached hydrogens (tertiary/aromatic N) is 3. The molecule has 0 aliphatic carbocycles. The summed E-state index contributed by atoms with van der Waals surface area (Å²) >= 11 is 3.19. The van der Waals surface area contributed by atoms with Gasteiger partial charge in [-0.05, 0) is 22.0 Å². The summed E-state index contributed by atoms with van der Waals surface area (Å²) in [6.07, 6.45) is 1.61. The average molecular weight is 304 g/mol. The Bertz CT molecular complexity index is 383. The van der Waals surface area contributed by atoms with Crippen molar-refractivity contribution >= 4 is 21.7 Å². The van der Waals surface area contributed by atoms with Crippen molar-refractivity contribution in [3.8, 4) is 0 Å². The van der Waals surface area contributed by atoms with Crippen LogP contribution in [0.1, 0.15) is 0 Å². The Morgan fingerprint density at radius 2 is 2.06 bits per heavy atom. The molecule has 0 unspecified atom stereocenters. The maximum absolute atomic E-state index is 13.7. The number of pyridine rings is 1. The first kappa shape index (κ1) is 12.7. The number of halogens is 2. The van der Waals surface area contributed by atoms with Gasteiger partial charge in [0.15, 0.2) is 11.6 Å². The second-order valence-electron chi connectivity index (χ2n) is 4.01. The van der Waals surface area contributed by atoms with Crippen molar-refractivity contribution < 1.29 is 9.50 Å². The molecule has 1 aliphatic heterocycles. The van der Waals surface area contributed by atoms with Gasteiger partial charge in [0.25, 0.3) is 0 Å². The molecular formula is C11H15BrFN3O. The summed E-state index contributed by atoms with van der Waals surface area (Å²) in [4.78, 5) is 8.21. The first-order valence-electron chi connectivity index (χ1n) is 5.60. The molecule has 0 bridgehead atoms. The van der Waals surface area contributed by atoms with Crippen molar-refractivity contribution in [3.05, 3.63) is 22.6 Å². The summed E-state index contributed by atoms with van der Waals surface area (Å²) in [7, 11) is 0. The number of piperazine rings is 1. The molecule has 1 aromatic heterocycles. The van der Waals surface area contributed by atoms with Gasteiger partial charge in [0.2, 0.25) is 0 Å². The zero-order valence-electron chi connectivity index (χ0n) is 9.44. The minimum atomic E-state index is -0.296. The van der Waals surface area contributed by atoms with E-state index in [-0.39, 0.29) is 12.4 Å². The van der Waals surface area contributed by atoms with E-state index < -0.39 is 0 Å². The van der Waals surface area contributed by atoms with E-state index in [1.807, 2.05) is 4.90 Å². The summed E-state index contributed by atoms with van der Waals surface area (Å²) in [6, 6.07) is 1.43. The van der Waals surface area contributed by atoms with Gasteiger partial charge in [-0.2, -0.15) is 0 Å². The Hall–Kier alpha value is -0.720. The topological polar surface area (TPSA) is 39.6 Å². The normalized spacial score (nSPS) is 17.5. The Morgan fingerprint density at radius 3 is 2.65 bits per heavy atom. The zero-order chi connectivity index (χ0) is 12.3. The van der Waals surface area contributed by atoms with E-state index in [0.717, 1.165) is 26.2 Å². The van der Waals surface area contributed by atoms with Gasteiger partial charge in [-0.1, -0.05) is 0 Å². The number of aliphatic hydroxyl groups is 1. The van der Waals surface area contributed by atoms with Crippen LogP contribution in [0.5, 0.6) is 0 Å². The average Bonchev–Trinajstić information content (AvgIpc) is 2.31. The first-order valence-corrected chi connectivity index (χ1v) is 6.39. The second kappa shape index (κ2) is 5.75. The van der Waals surface area contributed by atoms with Crippen LogP contribution in [-0.4, -0.2) is 54.3 Å². The number of hydrogen-bond acceptors (Lipinski definition) is 4. The lowest BCUT2D eigenvalue weighted by atomic mass is 10.3. The standard InChI is InChI=1S/C11H15BrFN3O/c12-9-7-10(13)11(14-8-9)16-3-1-15(2-4-16)5-6-17/h7-8,17H,1-6H2. The largest absolute Gasteiger partial charge is 0.395 e. The fourth-order valence-electron chi connectivity index (χ4n) is 1.96. The molecular weight excluding hydrogens is 289 g/mol. The molecule has 6 heteroatoms. The molecule has 2 heterocycles.